The second kappa shape index (κ2) is 7.68. The maximum absolute atomic E-state index is 11.4. The number of aliphatic carboxylic acids is 1. The summed E-state index contributed by atoms with van der Waals surface area (Å²) in [5.41, 5.74) is 0.763. The van der Waals surface area contributed by atoms with E-state index in [1.54, 1.807) is 12.2 Å². The average molecular weight is 225 g/mol. The molecule has 1 amide bonds. The number of hydrogen-bond acceptors (Lipinski definition) is 2. The Bertz CT molecular complexity index is 293. The minimum Gasteiger partial charge on any atom is -0.481 e. The molecule has 0 fully saturated rings. The van der Waals surface area contributed by atoms with Gasteiger partial charge in [-0.1, -0.05) is 18.7 Å². The normalized spacial score (nSPS) is 11.3. The third kappa shape index (κ3) is 7.79. The van der Waals surface area contributed by atoms with Crippen LogP contribution in [0.3, 0.4) is 0 Å². The second-order valence-corrected chi connectivity index (χ2v) is 3.81. The van der Waals surface area contributed by atoms with Crippen LogP contribution in [0.4, 0.5) is 0 Å². The fraction of sp³-hybridized carbons (Fsp3) is 0.500. The number of carbonyl (C=O) groups is 2. The molecule has 0 heterocycles. The summed E-state index contributed by atoms with van der Waals surface area (Å²) in [5.74, 6) is -0.914. The lowest BCUT2D eigenvalue weighted by molar-refractivity contribution is -0.136. The molecule has 0 aliphatic heterocycles. The van der Waals surface area contributed by atoms with Crippen molar-refractivity contribution in [1.82, 2.24) is 5.32 Å². The molecule has 0 saturated carbocycles. The van der Waals surface area contributed by atoms with Crippen LogP contribution in [0.1, 0.15) is 33.1 Å². The van der Waals surface area contributed by atoms with Gasteiger partial charge in [0.15, 0.2) is 0 Å². The number of carboxylic acid groups (broad SMARTS) is 1. The predicted molar refractivity (Wildman–Crippen MR) is 63.0 cm³/mol. The molecule has 2 N–H and O–H groups in total. The van der Waals surface area contributed by atoms with Gasteiger partial charge in [-0.25, -0.2) is 0 Å². The molecule has 0 spiro atoms. The van der Waals surface area contributed by atoms with E-state index < -0.39 is 5.97 Å². The molecule has 0 rings (SSSR count). The van der Waals surface area contributed by atoms with Gasteiger partial charge in [-0.05, 0) is 25.8 Å². The predicted octanol–water partition coefficient (Wildman–Crippen LogP) is 1.88. The highest BCUT2D eigenvalue weighted by atomic mass is 16.4. The van der Waals surface area contributed by atoms with Gasteiger partial charge >= 0.3 is 5.97 Å². The van der Waals surface area contributed by atoms with Crippen LogP contribution >= 0.6 is 0 Å². The number of carboxylic acids is 1. The number of amides is 1. The van der Waals surface area contributed by atoms with Crippen LogP contribution in [0.15, 0.2) is 24.3 Å². The van der Waals surface area contributed by atoms with E-state index in [0.29, 0.717) is 6.42 Å². The van der Waals surface area contributed by atoms with E-state index in [0.717, 1.165) is 5.57 Å². The van der Waals surface area contributed by atoms with Crippen molar-refractivity contribution in [1.29, 1.82) is 0 Å². The first-order valence-corrected chi connectivity index (χ1v) is 5.28. The van der Waals surface area contributed by atoms with Crippen molar-refractivity contribution in [3.8, 4) is 0 Å². The molecule has 90 valence electrons. The number of hydrogen-bond donors (Lipinski definition) is 2. The van der Waals surface area contributed by atoms with Gasteiger partial charge in [0.05, 0.1) is 6.42 Å². The maximum Gasteiger partial charge on any atom is 0.303 e. The molecule has 0 unspecified atom stereocenters. The van der Waals surface area contributed by atoms with E-state index in [1.807, 2.05) is 13.8 Å². The standard InChI is InChI=1S/C12H19NO3/c1-4-10(6-5-7-12(15)16)8-11(14)13-9(2)3/h4,6,9H,1,5,7-8H2,2-3H3,(H,13,14)(H,15,16)/b10-6-. The highest BCUT2D eigenvalue weighted by Gasteiger charge is 2.05. The van der Waals surface area contributed by atoms with Gasteiger partial charge in [0.2, 0.25) is 5.91 Å². The number of allylic oxidation sites excluding steroid dienone is 2. The van der Waals surface area contributed by atoms with Gasteiger partial charge in [-0.15, -0.1) is 0 Å². The monoisotopic (exact) mass is 225 g/mol. The Kier molecular flexibility index (Phi) is 6.92. The van der Waals surface area contributed by atoms with Gasteiger partial charge in [0, 0.05) is 12.5 Å². The van der Waals surface area contributed by atoms with Crippen molar-refractivity contribution >= 4 is 11.9 Å². The van der Waals surface area contributed by atoms with E-state index in [-0.39, 0.29) is 24.8 Å². The molecule has 0 bridgehead atoms. The van der Waals surface area contributed by atoms with Gasteiger partial charge in [0.1, 0.15) is 0 Å². The molecule has 0 aliphatic carbocycles. The van der Waals surface area contributed by atoms with Crippen molar-refractivity contribution in [3.05, 3.63) is 24.3 Å². The number of nitrogens with one attached hydrogen (secondary N) is 1. The van der Waals surface area contributed by atoms with E-state index >= 15 is 0 Å². The molecule has 0 saturated heterocycles. The first kappa shape index (κ1) is 14.4. The minimum absolute atomic E-state index is 0.0726. The van der Waals surface area contributed by atoms with Crippen LogP contribution in [0.5, 0.6) is 0 Å². The van der Waals surface area contributed by atoms with Crippen LogP contribution < -0.4 is 5.32 Å². The van der Waals surface area contributed by atoms with E-state index in [4.69, 9.17) is 5.11 Å². The highest BCUT2D eigenvalue weighted by Crippen LogP contribution is 2.06. The van der Waals surface area contributed by atoms with Crippen LogP contribution in [-0.2, 0) is 9.59 Å². The number of carbonyl (C=O) groups excluding carboxylic acids is 1. The minimum atomic E-state index is -0.841. The smallest absolute Gasteiger partial charge is 0.303 e. The molecule has 0 aromatic rings. The summed E-state index contributed by atoms with van der Waals surface area (Å²) < 4.78 is 0. The molecular weight excluding hydrogens is 206 g/mol. The Hall–Kier alpha value is -1.58. The van der Waals surface area contributed by atoms with Crippen LogP contribution in [0.25, 0.3) is 0 Å². The topological polar surface area (TPSA) is 66.4 Å². The quantitative estimate of drug-likeness (QED) is 0.650. The molecule has 0 radical (unpaired) electrons. The highest BCUT2D eigenvalue weighted by molar-refractivity contribution is 5.79. The lowest BCUT2D eigenvalue weighted by Crippen LogP contribution is -2.30. The molecule has 4 nitrogen and oxygen atoms in total. The lowest BCUT2D eigenvalue weighted by atomic mass is 10.1. The summed E-state index contributed by atoms with van der Waals surface area (Å²) in [6, 6.07) is 0.109. The largest absolute Gasteiger partial charge is 0.481 e. The van der Waals surface area contributed by atoms with Crippen molar-refractivity contribution < 1.29 is 14.7 Å². The third-order valence-corrected chi connectivity index (χ3v) is 1.84. The van der Waals surface area contributed by atoms with E-state index in [2.05, 4.69) is 11.9 Å². The summed E-state index contributed by atoms with van der Waals surface area (Å²) >= 11 is 0. The van der Waals surface area contributed by atoms with Gasteiger partial charge in [0.25, 0.3) is 0 Å². The summed E-state index contributed by atoms with van der Waals surface area (Å²) in [7, 11) is 0. The third-order valence-electron chi connectivity index (χ3n) is 1.84. The van der Waals surface area contributed by atoms with Crippen LogP contribution in [0, 0.1) is 0 Å². The zero-order chi connectivity index (χ0) is 12.6. The summed E-state index contributed by atoms with van der Waals surface area (Å²) in [6.45, 7) is 7.37. The molecular formula is C12H19NO3. The average Bonchev–Trinajstić information content (AvgIpc) is 2.14. The van der Waals surface area contributed by atoms with Crippen molar-refractivity contribution in [2.24, 2.45) is 0 Å². The Balaban J connectivity index is 4.13. The summed E-state index contributed by atoms with van der Waals surface area (Å²) in [5, 5.41) is 11.2. The second-order valence-electron chi connectivity index (χ2n) is 3.81. The fourth-order valence-corrected chi connectivity index (χ4v) is 1.17. The van der Waals surface area contributed by atoms with Crippen LogP contribution in [-0.4, -0.2) is 23.0 Å². The zero-order valence-corrected chi connectivity index (χ0v) is 9.82. The first-order valence-electron chi connectivity index (χ1n) is 5.28. The Labute approximate surface area is 96.0 Å². The van der Waals surface area contributed by atoms with Crippen molar-refractivity contribution in [2.45, 2.75) is 39.2 Å². The molecule has 16 heavy (non-hydrogen) atoms. The Morgan fingerprint density at radius 3 is 2.50 bits per heavy atom. The SMILES string of the molecule is C=C/C(=C/CCC(=O)O)CC(=O)NC(C)C. The van der Waals surface area contributed by atoms with Gasteiger partial charge < -0.3 is 10.4 Å². The summed E-state index contributed by atoms with van der Waals surface area (Å²) in [6.07, 6.45) is 4.07. The summed E-state index contributed by atoms with van der Waals surface area (Å²) in [4.78, 5) is 21.7. The van der Waals surface area contributed by atoms with Crippen LogP contribution in [0.2, 0.25) is 0 Å². The van der Waals surface area contributed by atoms with E-state index in [9.17, 15) is 9.59 Å². The Morgan fingerprint density at radius 1 is 1.44 bits per heavy atom. The lowest BCUT2D eigenvalue weighted by Gasteiger charge is -2.08. The van der Waals surface area contributed by atoms with Gasteiger partial charge in [-0.2, -0.15) is 0 Å². The Morgan fingerprint density at radius 2 is 2.06 bits per heavy atom. The molecule has 0 aliphatic rings. The van der Waals surface area contributed by atoms with Gasteiger partial charge in [-0.3, -0.25) is 9.59 Å². The zero-order valence-electron chi connectivity index (χ0n) is 9.82. The molecule has 4 heteroatoms. The van der Waals surface area contributed by atoms with Crippen molar-refractivity contribution in [3.63, 3.8) is 0 Å². The van der Waals surface area contributed by atoms with E-state index in [1.165, 1.54) is 0 Å². The first-order chi connectivity index (χ1) is 7.45. The molecule has 0 atom stereocenters. The fourth-order valence-electron chi connectivity index (χ4n) is 1.17. The van der Waals surface area contributed by atoms with Crippen molar-refractivity contribution in [2.75, 3.05) is 0 Å². The molecule has 0 aromatic heterocycles. The number of rotatable bonds is 7. The maximum atomic E-state index is 11.4. The molecule has 0 aromatic carbocycles.